The summed E-state index contributed by atoms with van der Waals surface area (Å²) in [6.07, 6.45) is 1.36. The van der Waals surface area contributed by atoms with Crippen LogP contribution in [0.3, 0.4) is 0 Å². The van der Waals surface area contributed by atoms with Crippen LogP contribution in [0.1, 0.15) is 21.6 Å². The lowest BCUT2D eigenvalue weighted by molar-refractivity contribution is 0.0696. The van der Waals surface area contributed by atoms with E-state index in [1.54, 1.807) is 10.7 Å². The van der Waals surface area contributed by atoms with Crippen LogP contribution in [0.2, 0.25) is 0 Å². The van der Waals surface area contributed by atoms with Crippen LogP contribution in [0.25, 0.3) is 16.7 Å². The molecule has 0 radical (unpaired) electrons. The molecule has 5 heteroatoms. The highest BCUT2D eigenvalue weighted by atomic mass is 16.4. The van der Waals surface area contributed by atoms with Gasteiger partial charge in [0.15, 0.2) is 5.65 Å². The molecule has 0 bridgehead atoms. The molecule has 0 spiro atoms. The van der Waals surface area contributed by atoms with Crippen LogP contribution < -0.4 is 0 Å². The summed E-state index contributed by atoms with van der Waals surface area (Å²) < 4.78 is 1.73. The summed E-state index contributed by atoms with van der Waals surface area (Å²) in [6, 6.07) is 9.55. The number of nitrogens with zero attached hydrogens (tertiary/aromatic N) is 3. The third-order valence-electron chi connectivity index (χ3n) is 3.23. The van der Waals surface area contributed by atoms with E-state index in [4.69, 9.17) is 5.11 Å². The minimum absolute atomic E-state index is 0.170. The van der Waals surface area contributed by atoms with Gasteiger partial charge < -0.3 is 5.11 Å². The predicted molar refractivity (Wildman–Crippen MR) is 75.3 cm³/mol. The monoisotopic (exact) mass is 267 g/mol. The van der Waals surface area contributed by atoms with Crippen molar-refractivity contribution in [2.75, 3.05) is 0 Å². The summed E-state index contributed by atoms with van der Waals surface area (Å²) in [4.78, 5) is 15.2. The van der Waals surface area contributed by atoms with Crippen molar-refractivity contribution < 1.29 is 9.90 Å². The van der Waals surface area contributed by atoms with Gasteiger partial charge in [0.25, 0.3) is 0 Å². The molecule has 2 heterocycles. The number of hydrogen-bond acceptors (Lipinski definition) is 3. The second-order valence-corrected chi connectivity index (χ2v) is 4.73. The molecule has 0 amide bonds. The number of pyridine rings is 1. The average Bonchev–Trinajstić information content (AvgIpc) is 2.76. The zero-order chi connectivity index (χ0) is 14.3. The van der Waals surface area contributed by atoms with E-state index in [0.29, 0.717) is 5.65 Å². The topological polar surface area (TPSA) is 68.0 Å². The number of carboxylic acids is 1. The summed E-state index contributed by atoms with van der Waals surface area (Å²) in [7, 11) is 0. The summed E-state index contributed by atoms with van der Waals surface area (Å²) in [5.41, 5.74) is 3.67. The van der Waals surface area contributed by atoms with Crippen molar-refractivity contribution >= 4 is 17.0 Å². The van der Waals surface area contributed by atoms with E-state index in [0.717, 1.165) is 16.8 Å². The van der Waals surface area contributed by atoms with Gasteiger partial charge >= 0.3 is 5.97 Å². The summed E-state index contributed by atoms with van der Waals surface area (Å²) >= 11 is 0. The van der Waals surface area contributed by atoms with Crippen LogP contribution in [-0.4, -0.2) is 25.8 Å². The second-order valence-electron chi connectivity index (χ2n) is 4.73. The highest BCUT2D eigenvalue weighted by Crippen LogP contribution is 2.21. The Hall–Kier alpha value is -2.69. The Balaban J connectivity index is 2.22. The van der Waals surface area contributed by atoms with Crippen molar-refractivity contribution in [1.82, 2.24) is 14.8 Å². The standard InChI is InChI=1S/C15H13N3O2/c1-9-3-5-12(6-4-9)18-14-13(10(2)17-18)7-11(8-16-14)15(19)20/h3-8H,1-2H3,(H,19,20). The molecule has 0 aliphatic heterocycles. The Labute approximate surface area is 115 Å². The van der Waals surface area contributed by atoms with Gasteiger partial charge in [0.2, 0.25) is 0 Å². The Morgan fingerprint density at radius 1 is 1.20 bits per heavy atom. The zero-order valence-electron chi connectivity index (χ0n) is 11.2. The SMILES string of the molecule is Cc1ccc(-n2nc(C)c3cc(C(=O)O)cnc32)cc1. The van der Waals surface area contributed by atoms with E-state index in [9.17, 15) is 4.79 Å². The molecular weight excluding hydrogens is 254 g/mol. The molecule has 20 heavy (non-hydrogen) atoms. The van der Waals surface area contributed by atoms with Crippen molar-refractivity contribution in [3.8, 4) is 5.69 Å². The van der Waals surface area contributed by atoms with Crippen LogP contribution in [0.15, 0.2) is 36.5 Å². The van der Waals surface area contributed by atoms with Gasteiger partial charge in [0.05, 0.1) is 16.9 Å². The number of hydrogen-bond donors (Lipinski definition) is 1. The fourth-order valence-electron chi connectivity index (χ4n) is 2.13. The minimum Gasteiger partial charge on any atom is -0.478 e. The van der Waals surface area contributed by atoms with Gasteiger partial charge in [-0.25, -0.2) is 14.5 Å². The van der Waals surface area contributed by atoms with Gasteiger partial charge in [-0.15, -0.1) is 0 Å². The number of rotatable bonds is 2. The molecule has 1 N–H and O–H groups in total. The van der Waals surface area contributed by atoms with Gasteiger partial charge in [-0.1, -0.05) is 17.7 Å². The first-order valence-electron chi connectivity index (χ1n) is 6.22. The third-order valence-corrected chi connectivity index (χ3v) is 3.23. The largest absolute Gasteiger partial charge is 0.478 e. The van der Waals surface area contributed by atoms with Crippen molar-refractivity contribution in [2.24, 2.45) is 0 Å². The molecule has 0 saturated heterocycles. The highest BCUT2D eigenvalue weighted by Gasteiger charge is 2.13. The maximum Gasteiger partial charge on any atom is 0.337 e. The molecule has 3 aromatic rings. The van der Waals surface area contributed by atoms with Crippen LogP contribution in [-0.2, 0) is 0 Å². The van der Waals surface area contributed by atoms with Crippen molar-refractivity contribution in [3.63, 3.8) is 0 Å². The summed E-state index contributed by atoms with van der Waals surface area (Å²) in [5, 5.41) is 14.2. The molecule has 0 saturated carbocycles. The first-order valence-corrected chi connectivity index (χ1v) is 6.22. The molecule has 0 unspecified atom stereocenters. The van der Waals surface area contributed by atoms with Gasteiger partial charge in [-0.2, -0.15) is 5.10 Å². The molecular formula is C15H13N3O2. The number of carboxylic acid groups (broad SMARTS) is 1. The molecule has 0 aliphatic carbocycles. The van der Waals surface area contributed by atoms with Crippen LogP contribution in [0.5, 0.6) is 0 Å². The predicted octanol–water partition coefficient (Wildman–Crippen LogP) is 2.74. The number of carbonyl (C=O) groups is 1. The first kappa shape index (κ1) is 12.3. The number of fused-ring (bicyclic) bond motifs is 1. The van der Waals surface area contributed by atoms with E-state index in [-0.39, 0.29) is 5.56 Å². The van der Waals surface area contributed by atoms with Gasteiger partial charge in [0.1, 0.15) is 0 Å². The Kier molecular flexibility index (Phi) is 2.75. The maximum absolute atomic E-state index is 11.0. The zero-order valence-corrected chi connectivity index (χ0v) is 11.2. The fraction of sp³-hybridized carbons (Fsp3) is 0.133. The maximum atomic E-state index is 11.0. The van der Waals surface area contributed by atoms with E-state index in [2.05, 4.69) is 10.1 Å². The van der Waals surface area contributed by atoms with Crippen LogP contribution >= 0.6 is 0 Å². The lowest BCUT2D eigenvalue weighted by Gasteiger charge is -2.03. The number of aromatic carboxylic acids is 1. The van der Waals surface area contributed by atoms with Gasteiger partial charge in [-0.05, 0) is 32.0 Å². The quantitative estimate of drug-likeness (QED) is 0.775. The van der Waals surface area contributed by atoms with E-state index >= 15 is 0 Å². The van der Waals surface area contributed by atoms with E-state index in [1.165, 1.54) is 11.8 Å². The Morgan fingerprint density at radius 3 is 2.55 bits per heavy atom. The number of benzene rings is 1. The smallest absolute Gasteiger partial charge is 0.337 e. The molecule has 5 nitrogen and oxygen atoms in total. The third kappa shape index (κ3) is 1.93. The van der Waals surface area contributed by atoms with E-state index < -0.39 is 5.97 Å². The lowest BCUT2D eigenvalue weighted by atomic mass is 10.2. The average molecular weight is 267 g/mol. The molecule has 2 aromatic heterocycles. The van der Waals surface area contributed by atoms with Crippen molar-refractivity contribution in [1.29, 1.82) is 0 Å². The molecule has 3 rings (SSSR count). The molecule has 0 aliphatic rings. The molecule has 0 atom stereocenters. The molecule has 1 aromatic carbocycles. The highest BCUT2D eigenvalue weighted by molar-refractivity contribution is 5.92. The Bertz CT molecular complexity index is 804. The fourth-order valence-corrected chi connectivity index (χ4v) is 2.13. The van der Waals surface area contributed by atoms with Crippen LogP contribution in [0, 0.1) is 13.8 Å². The lowest BCUT2D eigenvalue weighted by Crippen LogP contribution is -2.00. The number of aromatic nitrogens is 3. The van der Waals surface area contributed by atoms with E-state index in [1.807, 2.05) is 38.1 Å². The minimum atomic E-state index is -0.984. The van der Waals surface area contributed by atoms with Crippen molar-refractivity contribution in [3.05, 3.63) is 53.3 Å². The van der Waals surface area contributed by atoms with Crippen LogP contribution in [0.4, 0.5) is 0 Å². The summed E-state index contributed by atoms with van der Waals surface area (Å²) in [5.74, 6) is -0.984. The molecule has 100 valence electrons. The number of aryl methyl sites for hydroxylation is 2. The van der Waals surface area contributed by atoms with Gasteiger partial charge in [-0.3, -0.25) is 0 Å². The first-order chi connectivity index (χ1) is 9.56. The second kappa shape index (κ2) is 4.45. The normalized spacial score (nSPS) is 10.9. The summed E-state index contributed by atoms with van der Waals surface area (Å²) in [6.45, 7) is 3.87. The Morgan fingerprint density at radius 2 is 1.90 bits per heavy atom. The molecule has 0 fully saturated rings. The van der Waals surface area contributed by atoms with Gasteiger partial charge in [0, 0.05) is 11.6 Å². The van der Waals surface area contributed by atoms with Crippen molar-refractivity contribution in [2.45, 2.75) is 13.8 Å².